The van der Waals surface area contributed by atoms with Gasteiger partial charge >= 0.3 is 0 Å². The Morgan fingerprint density at radius 3 is 2.65 bits per heavy atom. The predicted octanol–water partition coefficient (Wildman–Crippen LogP) is 3.05. The number of fused-ring (bicyclic) bond motifs is 1. The highest BCUT2D eigenvalue weighted by molar-refractivity contribution is 6.17. The molecule has 0 aliphatic rings. The molecular formula is C14H21ClN4O. The molecule has 0 unspecified atom stereocenters. The molecule has 2 heterocycles. The maximum absolute atomic E-state index is 5.88. The number of aromatic nitrogens is 4. The van der Waals surface area contributed by atoms with Gasteiger partial charge in [0.05, 0.1) is 7.11 Å². The molecule has 0 bridgehead atoms. The van der Waals surface area contributed by atoms with Crippen molar-refractivity contribution in [3.63, 3.8) is 0 Å². The highest BCUT2D eigenvalue weighted by Gasteiger charge is 2.18. The van der Waals surface area contributed by atoms with E-state index in [1.807, 2.05) is 0 Å². The molecule has 110 valence electrons. The number of alkyl halides is 1. The maximum atomic E-state index is 5.88. The van der Waals surface area contributed by atoms with Gasteiger partial charge in [0.2, 0.25) is 5.88 Å². The van der Waals surface area contributed by atoms with Crippen LogP contribution in [0.25, 0.3) is 11.2 Å². The minimum absolute atomic E-state index is 0.256. The highest BCUT2D eigenvalue weighted by atomic mass is 35.5. The fourth-order valence-electron chi connectivity index (χ4n) is 2.07. The second-order valence-electron chi connectivity index (χ2n) is 5.98. The van der Waals surface area contributed by atoms with Crippen LogP contribution >= 0.6 is 11.6 Å². The van der Waals surface area contributed by atoms with E-state index in [4.69, 9.17) is 16.3 Å². The normalized spacial score (nSPS) is 12.1. The summed E-state index contributed by atoms with van der Waals surface area (Å²) in [7, 11) is 1.59. The Bertz CT molecular complexity index is 589. The summed E-state index contributed by atoms with van der Waals surface area (Å²) >= 11 is 5.88. The summed E-state index contributed by atoms with van der Waals surface area (Å²) in [5.41, 5.74) is 1.79. The van der Waals surface area contributed by atoms with Crippen molar-refractivity contribution in [2.75, 3.05) is 13.0 Å². The third-order valence-electron chi connectivity index (χ3n) is 3.17. The smallest absolute Gasteiger partial charge is 0.245 e. The number of hydrogen-bond donors (Lipinski definition) is 0. The van der Waals surface area contributed by atoms with Gasteiger partial charge in [-0.25, -0.2) is 9.97 Å². The standard InChI is InChI=1S/C14H21ClN4O/c1-14(2,3)6-8-19-10(5-7-15)18-11-12(19)16-9-17-13(11)20-4/h9H,5-8H2,1-4H3. The third-order valence-corrected chi connectivity index (χ3v) is 3.36. The van der Waals surface area contributed by atoms with Crippen LogP contribution in [0.1, 0.15) is 33.0 Å². The first-order chi connectivity index (χ1) is 9.46. The third kappa shape index (κ3) is 3.20. The van der Waals surface area contributed by atoms with Gasteiger partial charge in [-0.15, -0.1) is 11.6 Å². The molecule has 0 N–H and O–H groups in total. The second-order valence-corrected chi connectivity index (χ2v) is 6.36. The summed E-state index contributed by atoms with van der Waals surface area (Å²) in [5.74, 6) is 1.99. The molecule has 2 aromatic rings. The van der Waals surface area contributed by atoms with Crippen LogP contribution in [0.4, 0.5) is 0 Å². The van der Waals surface area contributed by atoms with E-state index in [9.17, 15) is 0 Å². The molecule has 0 saturated carbocycles. The first kappa shape index (κ1) is 15.0. The van der Waals surface area contributed by atoms with E-state index in [1.165, 1.54) is 6.33 Å². The lowest BCUT2D eigenvalue weighted by Crippen LogP contribution is -2.13. The molecule has 0 atom stereocenters. The molecule has 0 aliphatic heterocycles. The summed E-state index contributed by atoms with van der Waals surface area (Å²) in [4.78, 5) is 13.1. The molecular weight excluding hydrogens is 276 g/mol. The number of nitrogens with zero attached hydrogens (tertiary/aromatic N) is 4. The summed E-state index contributed by atoms with van der Waals surface area (Å²) in [6.45, 7) is 7.54. The van der Waals surface area contributed by atoms with Crippen molar-refractivity contribution in [2.45, 2.75) is 40.2 Å². The van der Waals surface area contributed by atoms with E-state index >= 15 is 0 Å². The Kier molecular flexibility index (Phi) is 4.48. The van der Waals surface area contributed by atoms with Gasteiger partial charge in [0.15, 0.2) is 11.2 Å². The van der Waals surface area contributed by atoms with Gasteiger partial charge in [0.25, 0.3) is 0 Å². The van der Waals surface area contributed by atoms with Gasteiger partial charge < -0.3 is 9.30 Å². The molecule has 20 heavy (non-hydrogen) atoms. The number of rotatable bonds is 5. The van der Waals surface area contributed by atoms with Crippen LogP contribution in [0.15, 0.2) is 6.33 Å². The van der Waals surface area contributed by atoms with Crippen LogP contribution < -0.4 is 4.74 Å². The van der Waals surface area contributed by atoms with Crippen molar-refractivity contribution in [2.24, 2.45) is 5.41 Å². The number of ether oxygens (including phenoxy) is 1. The van der Waals surface area contributed by atoms with E-state index < -0.39 is 0 Å². The molecule has 0 spiro atoms. The molecule has 2 rings (SSSR count). The SMILES string of the molecule is COc1ncnc2c1nc(CCCl)n2CCC(C)(C)C. The van der Waals surface area contributed by atoms with E-state index in [-0.39, 0.29) is 5.41 Å². The fraction of sp³-hybridized carbons (Fsp3) is 0.643. The van der Waals surface area contributed by atoms with Gasteiger partial charge in [-0.1, -0.05) is 20.8 Å². The molecule has 0 aliphatic carbocycles. The second kappa shape index (κ2) is 5.95. The average Bonchev–Trinajstić information content (AvgIpc) is 2.73. The monoisotopic (exact) mass is 296 g/mol. The lowest BCUT2D eigenvalue weighted by Gasteiger charge is -2.19. The Balaban J connectivity index is 2.46. The molecule has 6 heteroatoms. The van der Waals surface area contributed by atoms with Gasteiger partial charge in [0, 0.05) is 18.8 Å². The molecule has 0 radical (unpaired) electrons. The zero-order chi connectivity index (χ0) is 14.8. The van der Waals surface area contributed by atoms with Crippen molar-refractivity contribution < 1.29 is 4.74 Å². The van der Waals surface area contributed by atoms with Crippen molar-refractivity contribution in [1.29, 1.82) is 0 Å². The number of imidazole rings is 1. The van der Waals surface area contributed by atoms with Crippen LogP contribution in [0.2, 0.25) is 0 Å². The van der Waals surface area contributed by atoms with Crippen molar-refractivity contribution in [3.8, 4) is 5.88 Å². The first-order valence-corrected chi connectivity index (χ1v) is 7.30. The van der Waals surface area contributed by atoms with Crippen LogP contribution in [0.5, 0.6) is 5.88 Å². The molecule has 0 fully saturated rings. The summed E-state index contributed by atoms with van der Waals surface area (Å²) < 4.78 is 7.39. The Hall–Kier alpha value is -1.36. The average molecular weight is 297 g/mol. The highest BCUT2D eigenvalue weighted by Crippen LogP contribution is 2.25. The zero-order valence-corrected chi connectivity index (χ0v) is 13.2. The predicted molar refractivity (Wildman–Crippen MR) is 80.4 cm³/mol. The van der Waals surface area contributed by atoms with Crippen LogP contribution in [-0.4, -0.2) is 32.5 Å². The van der Waals surface area contributed by atoms with Crippen LogP contribution in [0.3, 0.4) is 0 Å². The number of hydrogen-bond acceptors (Lipinski definition) is 4. The lowest BCUT2D eigenvalue weighted by molar-refractivity contribution is 0.350. The van der Waals surface area contributed by atoms with Crippen molar-refractivity contribution >= 4 is 22.8 Å². The van der Waals surface area contributed by atoms with Crippen molar-refractivity contribution in [1.82, 2.24) is 19.5 Å². The van der Waals surface area contributed by atoms with Crippen molar-refractivity contribution in [3.05, 3.63) is 12.2 Å². The van der Waals surface area contributed by atoms with Gasteiger partial charge in [-0.05, 0) is 11.8 Å². The van der Waals surface area contributed by atoms with Gasteiger partial charge in [-0.2, -0.15) is 4.98 Å². The molecule has 2 aromatic heterocycles. The number of methoxy groups -OCH3 is 1. The zero-order valence-electron chi connectivity index (χ0n) is 12.5. The Morgan fingerprint density at radius 1 is 1.30 bits per heavy atom. The topological polar surface area (TPSA) is 52.8 Å². The minimum atomic E-state index is 0.256. The van der Waals surface area contributed by atoms with E-state index in [2.05, 4.69) is 40.3 Å². The first-order valence-electron chi connectivity index (χ1n) is 6.76. The fourth-order valence-corrected chi connectivity index (χ4v) is 2.24. The van der Waals surface area contributed by atoms with E-state index in [0.29, 0.717) is 23.7 Å². The maximum Gasteiger partial charge on any atom is 0.245 e. The summed E-state index contributed by atoms with van der Waals surface area (Å²) in [6.07, 6.45) is 3.27. The van der Waals surface area contributed by atoms with E-state index in [1.54, 1.807) is 7.11 Å². The lowest BCUT2D eigenvalue weighted by atomic mass is 9.92. The number of halogens is 1. The van der Waals surface area contributed by atoms with Gasteiger partial charge in [-0.3, -0.25) is 0 Å². The summed E-state index contributed by atoms with van der Waals surface area (Å²) in [6, 6.07) is 0. The Labute approximate surface area is 124 Å². The van der Waals surface area contributed by atoms with E-state index in [0.717, 1.165) is 24.4 Å². The molecule has 0 saturated heterocycles. The number of aryl methyl sites for hydroxylation is 2. The quantitative estimate of drug-likeness (QED) is 0.796. The van der Waals surface area contributed by atoms with Crippen LogP contribution in [0, 0.1) is 5.41 Å². The minimum Gasteiger partial charge on any atom is -0.479 e. The van der Waals surface area contributed by atoms with Gasteiger partial charge in [0.1, 0.15) is 12.2 Å². The summed E-state index contributed by atoms with van der Waals surface area (Å²) in [5, 5.41) is 0. The molecule has 0 amide bonds. The largest absolute Gasteiger partial charge is 0.479 e. The molecule has 5 nitrogen and oxygen atoms in total. The van der Waals surface area contributed by atoms with Crippen LogP contribution in [-0.2, 0) is 13.0 Å². The Morgan fingerprint density at radius 2 is 2.05 bits per heavy atom. The molecule has 0 aromatic carbocycles.